The molecule has 0 saturated carbocycles. The number of nitrogens with zero attached hydrogens (tertiary/aromatic N) is 1. The van der Waals surface area contributed by atoms with Gasteiger partial charge in [0.05, 0.1) is 0 Å². The Bertz CT molecular complexity index is 273. The quantitative estimate of drug-likeness (QED) is 0.728. The molecule has 1 unspecified atom stereocenters. The van der Waals surface area contributed by atoms with Crippen LogP contribution in [0.3, 0.4) is 0 Å². The van der Waals surface area contributed by atoms with Crippen molar-refractivity contribution < 1.29 is 9.90 Å². The zero-order valence-corrected chi connectivity index (χ0v) is 7.68. The molecule has 0 spiro atoms. The molecule has 0 aliphatic carbocycles. The smallest absolute Gasteiger partial charge is 0.330 e. The molecule has 0 fully saturated rings. The van der Waals surface area contributed by atoms with Crippen molar-refractivity contribution in [1.82, 2.24) is 10.3 Å². The first kappa shape index (κ1) is 9.15. The summed E-state index contributed by atoms with van der Waals surface area (Å²) in [6.45, 7) is 1.59. The fourth-order valence-electron chi connectivity index (χ4n) is 0.776. The largest absolute Gasteiger partial charge is 0.480 e. The lowest BCUT2D eigenvalue weighted by molar-refractivity contribution is -0.144. The van der Waals surface area contributed by atoms with Gasteiger partial charge in [0.15, 0.2) is 5.54 Å². The summed E-state index contributed by atoms with van der Waals surface area (Å²) in [6, 6.07) is 0. The molecule has 5 heteroatoms. The molecule has 12 heavy (non-hydrogen) atoms. The number of carbonyl (C=O) groups is 1. The van der Waals surface area contributed by atoms with Crippen LogP contribution in [0.1, 0.15) is 11.9 Å². The maximum Gasteiger partial charge on any atom is 0.330 e. The molecule has 0 aliphatic rings. The molecule has 0 bridgehead atoms. The molecule has 0 amide bonds. The van der Waals surface area contributed by atoms with Crippen molar-refractivity contribution in [2.45, 2.75) is 12.5 Å². The first-order valence-electron chi connectivity index (χ1n) is 3.43. The number of carboxylic acids is 1. The number of aromatic nitrogens is 1. The van der Waals surface area contributed by atoms with Crippen molar-refractivity contribution in [3.8, 4) is 0 Å². The topological polar surface area (TPSA) is 62.2 Å². The van der Waals surface area contributed by atoms with Gasteiger partial charge in [0, 0.05) is 11.6 Å². The Balaban J connectivity index is 3.04. The summed E-state index contributed by atoms with van der Waals surface area (Å²) in [7, 11) is 1.61. The predicted octanol–water partition coefficient (Wildman–Crippen LogP) is 0.662. The second-order valence-corrected chi connectivity index (χ2v) is 3.41. The molecule has 1 rings (SSSR count). The van der Waals surface area contributed by atoms with Gasteiger partial charge < -0.3 is 5.11 Å². The number of thiazole rings is 1. The van der Waals surface area contributed by atoms with Crippen molar-refractivity contribution in [3.63, 3.8) is 0 Å². The summed E-state index contributed by atoms with van der Waals surface area (Å²) in [5, 5.41) is 14.0. The zero-order valence-electron chi connectivity index (χ0n) is 6.87. The number of hydrogen-bond donors (Lipinski definition) is 2. The zero-order chi connectivity index (χ0) is 9.19. The fraction of sp³-hybridized carbons (Fsp3) is 0.429. The summed E-state index contributed by atoms with van der Waals surface area (Å²) in [5.74, 6) is -0.917. The molecule has 1 atom stereocenters. The van der Waals surface area contributed by atoms with Gasteiger partial charge >= 0.3 is 5.97 Å². The first-order chi connectivity index (χ1) is 5.61. The number of hydrogen-bond acceptors (Lipinski definition) is 4. The predicted molar refractivity (Wildman–Crippen MR) is 46.2 cm³/mol. The molecule has 1 heterocycles. The highest BCUT2D eigenvalue weighted by Crippen LogP contribution is 2.22. The van der Waals surface area contributed by atoms with Crippen LogP contribution in [0.5, 0.6) is 0 Å². The molecule has 0 aromatic carbocycles. The molecule has 0 aliphatic heterocycles. The lowest BCUT2D eigenvalue weighted by atomic mass is 10.1. The SMILES string of the molecule is CNC(C)(C(=O)O)c1nccs1. The van der Waals surface area contributed by atoms with Crippen LogP contribution in [-0.2, 0) is 10.3 Å². The fourth-order valence-corrected chi connectivity index (χ4v) is 1.57. The van der Waals surface area contributed by atoms with Gasteiger partial charge in [-0.05, 0) is 14.0 Å². The number of rotatable bonds is 3. The summed E-state index contributed by atoms with van der Waals surface area (Å²) >= 11 is 1.33. The summed E-state index contributed by atoms with van der Waals surface area (Å²) < 4.78 is 0. The highest BCUT2D eigenvalue weighted by Gasteiger charge is 2.35. The van der Waals surface area contributed by atoms with E-state index in [-0.39, 0.29) is 0 Å². The lowest BCUT2D eigenvalue weighted by Gasteiger charge is -2.20. The van der Waals surface area contributed by atoms with Crippen molar-refractivity contribution in [3.05, 3.63) is 16.6 Å². The highest BCUT2D eigenvalue weighted by atomic mass is 32.1. The Morgan fingerprint density at radius 1 is 1.83 bits per heavy atom. The standard InChI is InChI=1S/C7H10N2O2S/c1-7(8-2,6(10)11)5-9-3-4-12-5/h3-4,8H,1-2H3,(H,10,11). The van der Waals surface area contributed by atoms with Gasteiger partial charge in [0.1, 0.15) is 5.01 Å². The van der Waals surface area contributed by atoms with Crippen LogP contribution in [0.2, 0.25) is 0 Å². The average molecular weight is 186 g/mol. The van der Waals surface area contributed by atoms with Gasteiger partial charge in [-0.2, -0.15) is 0 Å². The van der Waals surface area contributed by atoms with Gasteiger partial charge in [0.2, 0.25) is 0 Å². The van der Waals surface area contributed by atoms with Gasteiger partial charge in [0.25, 0.3) is 0 Å². The van der Waals surface area contributed by atoms with Crippen molar-refractivity contribution in [1.29, 1.82) is 0 Å². The highest BCUT2D eigenvalue weighted by molar-refractivity contribution is 7.09. The molecule has 1 aromatic rings. The number of likely N-dealkylation sites (N-methyl/N-ethyl adjacent to an activating group) is 1. The maximum atomic E-state index is 10.9. The Labute approximate surface area is 74.3 Å². The van der Waals surface area contributed by atoms with E-state index >= 15 is 0 Å². The molecular weight excluding hydrogens is 176 g/mol. The van der Waals surface area contributed by atoms with Crippen LogP contribution < -0.4 is 5.32 Å². The lowest BCUT2D eigenvalue weighted by Crippen LogP contribution is -2.44. The van der Waals surface area contributed by atoms with Gasteiger partial charge in [-0.3, -0.25) is 5.32 Å². The third-order valence-corrected chi connectivity index (χ3v) is 2.78. The number of carboxylic acid groups (broad SMARTS) is 1. The molecule has 0 radical (unpaired) electrons. The van der Waals surface area contributed by atoms with E-state index < -0.39 is 11.5 Å². The van der Waals surface area contributed by atoms with E-state index in [0.717, 1.165) is 0 Å². The maximum absolute atomic E-state index is 10.9. The molecule has 1 aromatic heterocycles. The minimum absolute atomic E-state index is 0.567. The van der Waals surface area contributed by atoms with Crippen LogP contribution in [0.25, 0.3) is 0 Å². The van der Waals surface area contributed by atoms with Crippen LogP contribution >= 0.6 is 11.3 Å². The molecule has 2 N–H and O–H groups in total. The van der Waals surface area contributed by atoms with Crippen molar-refractivity contribution >= 4 is 17.3 Å². The van der Waals surface area contributed by atoms with Gasteiger partial charge in [-0.15, -0.1) is 11.3 Å². The second kappa shape index (κ2) is 3.20. The van der Waals surface area contributed by atoms with E-state index in [0.29, 0.717) is 5.01 Å². The van der Waals surface area contributed by atoms with Gasteiger partial charge in [-0.25, -0.2) is 9.78 Å². The molecule has 66 valence electrons. The van der Waals surface area contributed by atoms with Gasteiger partial charge in [-0.1, -0.05) is 0 Å². The number of nitrogens with one attached hydrogen (secondary N) is 1. The third-order valence-electron chi connectivity index (χ3n) is 1.79. The first-order valence-corrected chi connectivity index (χ1v) is 4.31. The summed E-state index contributed by atoms with van der Waals surface area (Å²) in [6.07, 6.45) is 1.60. The van der Waals surface area contributed by atoms with E-state index in [1.807, 2.05) is 0 Å². The molecular formula is C7H10N2O2S. The Morgan fingerprint density at radius 2 is 2.50 bits per heavy atom. The van der Waals surface area contributed by atoms with Crippen LogP contribution in [0, 0.1) is 0 Å². The monoisotopic (exact) mass is 186 g/mol. The van der Waals surface area contributed by atoms with Crippen molar-refractivity contribution in [2.24, 2.45) is 0 Å². The van der Waals surface area contributed by atoms with Crippen molar-refractivity contribution in [2.75, 3.05) is 7.05 Å². The Morgan fingerprint density at radius 3 is 2.83 bits per heavy atom. The third kappa shape index (κ3) is 1.33. The van der Waals surface area contributed by atoms with Crippen LogP contribution in [0.15, 0.2) is 11.6 Å². The average Bonchev–Trinajstić information content (AvgIpc) is 2.54. The van der Waals surface area contributed by atoms with E-state index in [4.69, 9.17) is 5.11 Å². The van der Waals surface area contributed by atoms with Crippen LogP contribution in [0.4, 0.5) is 0 Å². The minimum Gasteiger partial charge on any atom is -0.480 e. The minimum atomic E-state index is -1.06. The van der Waals surface area contributed by atoms with E-state index in [2.05, 4.69) is 10.3 Å². The summed E-state index contributed by atoms with van der Waals surface area (Å²) in [4.78, 5) is 14.8. The summed E-state index contributed by atoms with van der Waals surface area (Å²) in [5.41, 5.74) is -1.06. The van der Waals surface area contributed by atoms with E-state index in [1.165, 1.54) is 11.3 Å². The van der Waals surface area contributed by atoms with Crippen LogP contribution in [-0.4, -0.2) is 23.1 Å². The molecule has 4 nitrogen and oxygen atoms in total. The number of aliphatic carboxylic acids is 1. The molecule has 0 saturated heterocycles. The second-order valence-electron chi connectivity index (χ2n) is 2.52. The van der Waals surface area contributed by atoms with E-state index in [9.17, 15) is 4.79 Å². The van der Waals surface area contributed by atoms with E-state index in [1.54, 1.807) is 25.5 Å². The Hall–Kier alpha value is -0.940. The normalized spacial score (nSPS) is 15.5. The Kier molecular flexibility index (Phi) is 2.44.